The maximum absolute atomic E-state index is 10.9. The van der Waals surface area contributed by atoms with Crippen molar-refractivity contribution in [1.29, 1.82) is 0 Å². The number of hydrogen-bond acceptors (Lipinski definition) is 2. The van der Waals surface area contributed by atoms with Crippen LogP contribution in [0.2, 0.25) is 0 Å². The Morgan fingerprint density at radius 3 is 2.61 bits per heavy atom. The van der Waals surface area contributed by atoms with E-state index >= 15 is 0 Å². The van der Waals surface area contributed by atoms with Gasteiger partial charge >= 0.3 is 5.97 Å². The van der Waals surface area contributed by atoms with Gasteiger partial charge in [-0.05, 0) is 48.8 Å². The fraction of sp³-hybridized carbons (Fsp3) is 0.533. The van der Waals surface area contributed by atoms with Crippen LogP contribution < -0.4 is 5.32 Å². The molecular weight excluding hydrogens is 226 g/mol. The van der Waals surface area contributed by atoms with E-state index in [1.54, 1.807) is 12.1 Å². The molecule has 2 saturated carbocycles. The van der Waals surface area contributed by atoms with Crippen molar-refractivity contribution >= 4 is 5.97 Å². The number of carboxylic acids is 1. The number of hydrogen-bond donors (Lipinski definition) is 2. The first-order valence-corrected chi connectivity index (χ1v) is 6.62. The Hall–Kier alpha value is -1.35. The first-order valence-electron chi connectivity index (χ1n) is 6.62. The molecule has 96 valence electrons. The molecule has 0 aliphatic heterocycles. The zero-order valence-corrected chi connectivity index (χ0v) is 10.7. The van der Waals surface area contributed by atoms with Gasteiger partial charge in [-0.3, -0.25) is 0 Å². The third-order valence-corrected chi connectivity index (χ3v) is 4.71. The van der Waals surface area contributed by atoms with Crippen molar-refractivity contribution in [2.75, 3.05) is 0 Å². The molecule has 2 aliphatic rings. The molecule has 2 aliphatic carbocycles. The largest absolute Gasteiger partial charge is 0.478 e. The second kappa shape index (κ2) is 3.82. The smallest absolute Gasteiger partial charge is 0.335 e. The van der Waals surface area contributed by atoms with Crippen molar-refractivity contribution in [3.8, 4) is 0 Å². The molecule has 0 aromatic heterocycles. The maximum Gasteiger partial charge on any atom is 0.335 e. The Morgan fingerprint density at radius 1 is 1.33 bits per heavy atom. The molecule has 2 fully saturated rings. The molecule has 0 spiro atoms. The minimum Gasteiger partial charge on any atom is -0.478 e. The van der Waals surface area contributed by atoms with E-state index < -0.39 is 5.97 Å². The van der Waals surface area contributed by atoms with E-state index in [0.29, 0.717) is 16.5 Å². The van der Waals surface area contributed by atoms with Crippen molar-refractivity contribution in [2.24, 2.45) is 5.41 Å². The van der Waals surface area contributed by atoms with Crippen LogP contribution in [0.1, 0.15) is 48.5 Å². The van der Waals surface area contributed by atoms with E-state index in [-0.39, 0.29) is 0 Å². The summed E-state index contributed by atoms with van der Waals surface area (Å²) >= 11 is 0. The molecule has 0 bridgehead atoms. The van der Waals surface area contributed by atoms with Gasteiger partial charge in [0.2, 0.25) is 0 Å². The predicted octanol–water partition coefficient (Wildman–Crippen LogP) is 2.81. The minimum atomic E-state index is -0.855. The highest BCUT2D eigenvalue weighted by atomic mass is 16.4. The standard InChI is InChI=1S/C15H19NO2/c1-14(5-6-14)15(7-8-15)16-10-11-3-2-4-12(9-11)13(17)18/h2-4,9,16H,5-8,10H2,1H3,(H,17,18). The molecule has 0 heterocycles. The zero-order valence-electron chi connectivity index (χ0n) is 10.7. The number of aromatic carboxylic acids is 1. The van der Waals surface area contributed by atoms with E-state index in [9.17, 15) is 4.79 Å². The van der Waals surface area contributed by atoms with Crippen LogP contribution in [-0.4, -0.2) is 16.6 Å². The maximum atomic E-state index is 10.9. The van der Waals surface area contributed by atoms with Gasteiger partial charge in [0.15, 0.2) is 0 Å². The van der Waals surface area contributed by atoms with Gasteiger partial charge in [-0.1, -0.05) is 19.1 Å². The Morgan fingerprint density at radius 2 is 2.06 bits per heavy atom. The zero-order chi connectivity index (χ0) is 12.8. The number of carbonyl (C=O) groups is 1. The van der Waals surface area contributed by atoms with Crippen molar-refractivity contribution in [2.45, 2.75) is 44.7 Å². The molecule has 0 radical (unpaired) electrons. The molecule has 0 atom stereocenters. The normalized spacial score (nSPS) is 22.5. The molecule has 0 unspecified atom stereocenters. The number of rotatable bonds is 5. The Labute approximate surface area is 107 Å². The summed E-state index contributed by atoms with van der Waals surface area (Å²) in [6.07, 6.45) is 5.19. The van der Waals surface area contributed by atoms with Crippen molar-refractivity contribution in [1.82, 2.24) is 5.32 Å². The summed E-state index contributed by atoms with van der Waals surface area (Å²) in [7, 11) is 0. The SMILES string of the molecule is CC1(C2(NCc3cccc(C(=O)O)c3)CC2)CC1. The summed E-state index contributed by atoms with van der Waals surface area (Å²) in [4.78, 5) is 10.9. The van der Waals surface area contributed by atoms with E-state index in [1.807, 2.05) is 12.1 Å². The summed E-state index contributed by atoms with van der Waals surface area (Å²) in [5.74, 6) is -0.855. The topological polar surface area (TPSA) is 49.3 Å². The molecule has 3 heteroatoms. The highest BCUT2D eigenvalue weighted by molar-refractivity contribution is 5.87. The number of benzene rings is 1. The van der Waals surface area contributed by atoms with Gasteiger partial charge in [0, 0.05) is 12.1 Å². The van der Waals surface area contributed by atoms with Gasteiger partial charge in [-0.2, -0.15) is 0 Å². The molecule has 0 amide bonds. The van der Waals surface area contributed by atoms with Crippen molar-refractivity contribution in [3.05, 3.63) is 35.4 Å². The lowest BCUT2D eigenvalue weighted by atomic mass is 9.95. The molecule has 18 heavy (non-hydrogen) atoms. The van der Waals surface area contributed by atoms with Crippen LogP contribution in [0.4, 0.5) is 0 Å². The van der Waals surface area contributed by atoms with E-state index in [1.165, 1.54) is 25.7 Å². The lowest BCUT2D eigenvalue weighted by Gasteiger charge is -2.24. The fourth-order valence-corrected chi connectivity index (χ4v) is 2.87. The fourth-order valence-electron chi connectivity index (χ4n) is 2.87. The van der Waals surface area contributed by atoms with Gasteiger partial charge in [-0.25, -0.2) is 4.79 Å². The summed E-state index contributed by atoms with van der Waals surface area (Å²) in [5, 5.41) is 12.6. The number of carboxylic acid groups (broad SMARTS) is 1. The van der Waals surface area contributed by atoms with Crippen molar-refractivity contribution in [3.63, 3.8) is 0 Å². The van der Waals surface area contributed by atoms with Crippen LogP contribution in [0.15, 0.2) is 24.3 Å². The molecule has 2 N–H and O–H groups in total. The Bertz CT molecular complexity index is 487. The number of nitrogens with one attached hydrogen (secondary N) is 1. The second-order valence-electron chi connectivity index (χ2n) is 6.00. The van der Waals surface area contributed by atoms with Gasteiger partial charge < -0.3 is 10.4 Å². The lowest BCUT2D eigenvalue weighted by molar-refractivity contribution is 0.0696. The van der Waals surface area contributed by atoms with Gasteiger partial charge in [0.05, 0.1) is 5.56 Å². The predicted molar refractivity (Wildman–Crippen MR) is 69.5 cm³/mol. The highest BCUT2D eigenvalue weighted by Gasteiger charge is 2.62. The average Bonchev–Trinajstić information content (AvgIpc) is 3.24. The van der Waals surface area contributed by atoms with Crippen LogP contribution >= 0.6 is 0 Å². The van der Waals surface area contributed by atoms with Gasteiger partial charge in [-0.15, -0.1) is 0 Å². The van der Waals surface area contributed by atoms with Crippen LogP contribution in [0.5, 0.6) is 0 Å². The molecule has 3 nitrogen and oxygen atoms in total. The second-order valence-corrected chi connectivity index (χ2v) is 6.00. The van der Waals surface area contributed by atoms with E-state index in [4.69, 9.17) is 5.11 Å². The molecular formula is C15H19NO2. The first-order chi connectivity index (χ1) is 8.55. The summed E-state index contributed by atoms with van der Waals surface area (Å²) in [6.45, 7) is 3.14. The quantitative estimate of drug-likeness (QED) is 0.838. The summed E-state index contributed by atoms with van der Waals surface area (Å²) in [6, 6.07) is 7.21. The third kappa shape index (κ3) is 1.93. The monoisotopic (exact) mass is 245 g/mol. The average molecular weight is 245 g/mol. The highest BCUT2D eigenvalue weighted by Crippen LogP contribution is 2.63. The van der Waals surface area contributed by atoms with Crippen LogP contribution in [0.25, 0.3) is 0 Å². The minimum absolute atomic E-state index is 0.340. The molecule has 1 aromatic rings. The van der Waals surface area contributed by atoms with E-state index in [0.717, 1.165) is 12.1 Å². The van der Waals surface area contributed by atoms with Crippen LogP contribution in [-0.2, 0) is 6.54 Å². The summed E-state index contributed by atoms with van der Waals surface area (Å²) in [5.41, 5.74) is 2.27. The van der Waals surface area contributed by atoms with Crippen molar-refractivity contribution < 1.29 is 9.90 Å². The summed E-state index contributed by atoms with van der Waals surface area (Å²) < 4.78 is 0. The van der Waals surface area contributed by atoms with E-state index in [2.05, 4.69) is 12.2 Å². The molecule has 3 rings (SSSR count). The first kappa shape index (κ1) is 11.7. The van der Waals surface area contributed by atoms with Gasteiger partial charge in [0.1, 0.15) is 0 Å². The van der Waals surface area contributed by atoms with Gasteiger partial charge in [0.25, 0.3) is 0 Å². The lowest BCUT2D eigenvalue weighted by Crippen LogP contribution is -2.38. The van der Waals surface area contributed by atoms with Crippen LogP contribution in [0, 0.1) is 5.41 Å². The van der Waals surface area contributed by atoms with Crippen LogP contribution in [0.3, 0.4) is 0 Å². The molecule has 0 saturated heterocycles. The Balaban J connectivity index is 1.67. The Kier molecular flexibility index (Phi) is 2.49. The molecule has 1 aromatic carbocycles. The third-order valence-electron chi connectivity index (χ3n) is 4.71.